The highest BCUT2D eigenvalue weighted by molar-refractivity contribution is 5.20. The lowest BCUT2D eigenvalue weighted by molar-refractivity contribution is -0.378. The molecule has 388 valence electrons. The topological polar surface area (TPSA) is 318 Å². The molecule has 0 unspecified atom stereocenters. The van der Waals surface area contributed by atoms with Crippen molar-refractivity contribution in [3.63, 3.8) is 0 Å². The SMILES string of the molecule is C=C(C)[C@@H](O)CC[C@](C)(O[C@@H]1O[C@H](CO)[C@@H](O)[C@H](O)[C@H]1O)[C@H]1CC[C@]2(C)[C@@H]1[C@H](O)C[C@@H]1[C@@]3(C)CC[C@H](O[C@@H]4O[C@H](CO)[C@@H](O)[C@H](O)[C@H]4O[C@@H]4O[C@H](CO)[C@@H](O)[C@H](O)[C@H]4O)C(C)(C)[C@@H]3CC[C@]12C. The summed E-state index contributed by atoms with van der Waals surface area (Å²) in [5.41, 5.74) is -2.06. The number of hydrogen-bond acceptors (Lipinski definition) is 19. The molecule has 7 rings (SSSR count). The van der Waals surface area contributed by atoms with E-state index < -0.39 is 147 Å². The Kier molecular flexibility index (Phi) is 15.9. The minimum atomic E-state index is -1.80. The monoisotopic (exact) mass is 963 g/mol. The van der Waals surface area contributed by atoms with Crippen LogP contribution in [0, 0.1) is 45.3 Å². The second-order valence-corrected chi connectivity index (χ2v) is 23.0. The third-order valence-corrected chi connectivity index (χ3v) is 19.1. The smallest absolute Gasteiger partial charge is 0.187 e. The highest BCUT2D eigenvalue weighted by atomic mass is 16.8. The van der Waals surface area contributed by atoms with E-state index in [1.165, 1.54) is 0 Å². The van der Waals surface area contributed by atoms with Crippen molar-refractivity contribution in [2.75, 3.05) is 19.8 Å². The molecule has 0 spiro atoms. The molecule has 4 saturated carbocycles. The van der Waals surface area contributed by atoms with Crippen molar-refractivity contribution in [3.8, 4) is 0 Å². The highest BCUT2D eigenvalue weighted by Crippen LogP contribution is 2.76. The molecule has 13 N–H and O–H groups in total. The van der Waals surface area contributed by atoms with Crippen LogP contribution in [0.1, 0.15) is 106 Å². The number of fused-ring (bicyclic) bond motifs is 5. The van der Waals surface area contributed by atoms with Gasteiger partial charge in [-0.25, -0.2) is 0 Å². The van der Waals surface area contributed by atoms with Crippen LogP contribution in [0.5, 0.6) is 0 Å². The molecular weight excluding hydrogens is 881 g/mol. The minimum Gasteiger partial charge on any atom is -0.394 e. The zero-order chi connectivity index (χ0) is 49.5. The summed E-state index contributed by atoms with van der Waals surface area (Å²) in [5.74, 6) is -0.446. The molecule has 0 aromatic carbocycles. The van der Waals surface area contributed by atoms with E-state index in [2.05, 4.69) is 41.2 Å². The van der Waals surface area contributed by atoms with E-state index in [9.17, 15) is 66.4 Å². The molecule has 26 atom stereocenters. The Balaban J connectivity index is 1.13. The lowest BCUT2D eigenvalue weighted by Crippen LogP contribution is -2.68. The molecule has 0 aromatic heterocycles. The summed E-state index contributed by atoms with van der Waals surface area (Å²) in [5, 5.41) is 140. The van der Waals surface area contributed by atoms with Crippen LogP contribution in [0.3, 0.4) is 0 Å². The summed E-state index contributed by atoms with van der Waals surface area (Å²) in [7, 11) is 0. The first kappa shape index (κ1) is 53.8. The van der Waals surface area contributed by atoms with Crippen LogP contribution in [0.4, 0.5) is 0 Å². The molecule has 0 amide bonds. The van der Waals surface area contributed by atoms with Crippen molar-refractivity contribution in [1.82, 2.24) is 0 Å². The number of aliphatic hydroxyl groups excluding tert-OH is 13. The predicted octanol–water partition coefficient (Wildman–Crippen LogP) is -1.06. The Labute approximate surface area is 393 Å². The fourth-order valence-corrected chi connectivity index (χ4v) is 14.9. The maximum Gasteiger partial charge on any atom is 0.187 e. The second-order valence-electron chi connectivity index (χ2n) is 23.0. The van der Waals surface area contributed by atoms with Gasteiger partial charge in [-0.1, -0.05) is 46.8 Å². The Morgan fingerprint density at radius 3 is 1.73 bits per heavy atom. The van der Waals surface area contributed by atoms with Crippen LogP contribution in [0.2, 0.25) is 0 Å². The first-order chi connectivity index (χ1) is 31.3. The van der Waals surface area contributed by atoms with Gasteiger partial charge in [0.1, 0.15) is 73.2 Å². The van der Waals surface area contributed by atoms with E-state index in [0.717, 1.165) is 19.3 Å². The largest absolute Gasteiger partial charge is 0.394 e. The Bertz CT molecular complexity index is 1700. The predicted molar refractivity (Wildman–Crippen MR) is 235 cm³/mol. The van der Waals surface area contributed by atoms with E-state index >= 15 is 0 Å². The summed E-state index contributed by atoms with van der Waals surface area (Å²) in [4.78, 5) is 0. The Hall–Kier alpha value is -1.02. The van der Waals surface area contributed by atoms with Crippen molar-refractivity contribution in [1.29, 1.82) is 0 Å². The zero-order valence-corrected chi connectivity index (χ0v) is 40.2. The van der Waals surface area contributed by atoms with Gasteiger partial charge in [0.15, 0.2) is 18.9 Å². The van der Waals surface area contributed by atoms with Gasteiger partial charge in [0.25, 0.3) is 0 Å². The molecule has 3 saturated heterocycles. The van der Waals surface area contributed by atoms with Gasteiger partial charge < -0.3 is 94.8 Å². The molecular formula is C48H82O19. The van der Waals surface area contributed by atoms with E-state index in [0.29, 0.717) is 37.7 Å². The van der Waals surface area contributed by atoms with Crippen molar-refractivity contribution in [3.05, 3.63) is 12.2 Å². The molecule has 3 aliphatic heterocycles. The van der Waals surface area contributed by atoms with Gasteiger partial charge in [-0.3, -0.25) is 0 Å². The van der Waals surface area contributed by atoms with Crippen LogP contribution < -0.4 is 0 Å². The number of aliphatic hydroxyl groups is 13. The van der Waals surface area contributed by atoms with Crippen molar-refractivity contribution in [2.45, 2.75) is 222 Å². The number of ether oxygens (including phenoxy) is 6. The summed E-state index contributed by atoms with van der Waals surface area (Å²) in [6.07, 6.45) is -19.9. The van der Waals surface area contributed by atoms with Gasteiger partial charge in [0.2, 0.25) is 0 Å². The lowest BCUT2D eigenvalue weighted by atomic mass is 9.35. The van der Waals surface area contributed by atoms with E-state index in [1.54, 1.807) is 6.92 Å². The summed E-state index contributed by atoms with van der Waals surface area (Å²) in [6.45, 7) is 16.8. The van der Waals surface area contributed by atoms with E-state index in [-0.39, 0.29) is 40.9 Å². The van der Waals surface area contributed by atoms with Gasteiger partial charge in [-0.05, 0) is 117 Å². The standard InChI is InChI=1S/C48H82O19/c1-21(2)23(52)10-16-48(8,67-42-39(61)36(58)33(55)26(19-50)63-42)22-9-14-47(7)31(22)24(53)17-29-45(5)13-12-30(44(3,4)28(45)11-15-46(29,47)6)65-43-40(37(59)34(56)27(20-51)64-43)66-41-38(60)35(57)32(54)25(18-49)62-41/h22-43,49-61H,1,9-20H2,2-8H3/t22-,23-,24+,25+,26+,27+,28-,29+,30-,31-,32+,33+,34+,35-,36-,37-,38+,39+,40+,41-,42-,43-,45-,46+,47+,48-/m0/s1. The van der Waals surface area contributed by atoms with Gasteiger partial charge in [-0.15, -0.1) is 0 Å². The van der Waals surface area contributed by atoms with Crippen molar-refractivity contribution >= 4 is 0 Å². The lowest BCUT2D eigenvalue weighted by Gasteiger charge is -2.71. The summed E-state index contributed by atoms with van der Waals surface area (Å²) < 4.78 is 37.1. The minimum absolute atomic E-state index is 0.0563. The van der Waals surface area contributed by atoms with Crippen molar-refractivity contribution in [2.24, 2.45) is 45.3 Å². The highest BCUT2D eigenvalue weighted by Gasteiger charge is 2.72. The van der Waals surface area contributed by atoms with Gasteiger partial charge in [0.05, 0.1) is 43.7 Å². The first-order valence-electron chi connectivity index (χ1n) is 24.5. The van der Waals surface area contributed by atoms with Gasteiger partial charge in [0, 0.05) is 0 Å². The van der Waals surface area contributed by atoms with Crippen LogP contribution in [0.15, 0.2) is 12.2 Å². The maximum absolute atomic E-state index is 12.7. The quantitative estimate of drug-likeness (QED) is 0.0729. The number of hydrogen-bond donors (Lipinski definition) is 13. The fraction of sp³-hybridized carbons (Fsp3) is 0.958. The third kappa shape index (κ3) is 9.03. The van der Waals surface area contributed by atoms with Crippen LogP contribution in [-0.2, 0) is 28.4 Å². The van der Waals surface area contributed by atoms with Crippen LogP contribution in [-0.4, -0.2) is 202 Å². The molecule has 0 aromatic rings. The molecule has 3 heterocycles. The summed E-state index contributed by atoms with van der Waals surface area (Å²) in [6, 6.07) is 0. The molecule has 7 aliphatic rings. The molecule has 19 heteroatoms. The van der Waals surface area contributed by atoms with Gasteiger partial charge >= 0.3 is 0 Å². The molecule has 67 heavy (non-hydrogen) atoms. The zero-order valence-electron chi connectivity index (χ0n) is 40.2. The Morgan fingerprint density at radius 1 is 0.642 bits per heavy atom. The fourth-order valence-electron chi connectivity index (χ4n) is 14.9. The second kappa shape index (κ2) is 19.8. The first-order valence-corrected chi connectivity index (χ1v) is 24.5. The van der Waals surface area contributed by atoms with Gasteiger partial charge in [-0.2, -0.15) is 0 Å². The molecule has 4 aliphatic carbocycles. The van der Waals surface area contributed by atoms with E-state index in [4.69, 9.17) is 28.4 Å². The summed E-state index contributed by atoms with van der Waals surface area (Å²) >= 11 is 0. The van der Waals surface area contributed by atoms with Crippen LogP contribution >= 0.6 is 0 Å². The van der Waals surface area contributed by atoms with E-state index in [1.807, 2.05) is 6.92 Å². The number of rotatable bonds is 14. The van der Waals surface area contributed by atoms with Crippen molar-refractivity contribution < 1.29 is 94.8 Å². The molecule has 0 radical (unpaired) electrons. The van der Waals surface area contributed by atoms with Crippen LogP contribution in [0.25, 0.3) is 0 Å². The average molecular weight is 963 g/mol. The maximum atomic E-state index is 12.7. The third-order valence-electron chi connectivity index (χ3n) is 19.1. The molecule has 7 fully saturated rings. The molecule has 19 nitrogen and oxygen atoms in total. The molecule has 0 bridgehead atoms. The average Bonchev–Trinajstić information content (AvgIpc) is 3.67. The normalized spacial score (nSPS) is 52.3. The Morgan fingerprint density at radius 2 is 1.16 bits per heavy atom.